The first kappa shape index (κ1) is 17.3. The van der Waals surface area contributed by atoms with Crippen LogP contribution < -0.4 is 5.32 Å². The van der Waals surface area contributed by atoms with Crippen molar-refractivity contribution in [2.45, 2.75) is 52.9 Å². The van der Waals surface area contributed by atoms with Crippen LogP contribution in [0.3, 0.4) is 0 Å². The lowest BCUT2D eigenvalue weighted by Gasteiger charge is -2.38. The lowest BCUT2D eigenvalue weighted by molar-refractivity contribution is 0.191. The largest absolute Gasteiger partial charge is 0.316 e. The van der Waals surface area contributed by atoms with E-state index >= 15 is 0 Å². The van der Waals surface area contributed by atoms with Crippen LogP contribution in [0.5, 0.6) is 0 Å². The van der Waals surface area contributed by atoms with Crippen molar-refractivity contribution < 1.29 is 0 Å². The van der Waals surface area contributed by atoms with Crippen molar-refractivity contribution in [1.82, 2.24) is 5.32 Å². The maximum absolute atomic E-state index is 6.44. The second-order valence-corrected chi connectivity index (χ2v) is 8.72. The lowest BCUT2D eigenvalue weighted by Crippen LogP contribution is -2.34. The van der Waals surface area contributed by atoms with Crippen molar-refractivity contribution in [2.75, 3.05) is 13.1 Å². The second-order valence-electron chi connectivity index (χ2n) is 7.37. The molecule has 1 aromatic rings. The molecule has 0 aromatic carbocycles. The first-order valence-corrected chi connectivity index (χ1v) is 9.68. The molecule has 120 valence electrons. The molecule has 3 heteroatoms. The van der Waals surface area contributed by atoms with Crippen LogP contribution in [-0.4, -0.2) is 13.1 Å². The highest BCUT2D eigenvalue weighted by Gasteiger charge is 2.34. The van der Waals surface area contributed by atoms with E-state index in [0.717, 1.165) is 41.8 Å². The zero-order valence-electron chi connectivity index (χ0n) is 13.9. The topological polar surface area (TPSA) is 12.0 Å². The Morgan fingerprint density at radius 1 is 1.29 bits per heavy atom. The van der Waals surface area contributed by atoms with E-state index in [1.165, 1.54) is 24.1 Å². The van der Waals surface area contributed by atoms with Crippen molar-refractivity contribution >= 4 is 22.9 Å². The zero-order valence-corrected chi connectivity index (χ0v) is 15.4. The first-order chi connectivity index (χ1) is 9.99. The van der Waals surface area contributed by atoms with E-state index in [1.54, 1.807) is 0 Å². The summed E-state index contributed by atoms with van der Waals surface area (Å²) >= 11 is 8.29. The second kappa shape index (κ2) is 7.99. The Kier molecular flexibility index (Phi) is 6.58. The SMILES string of the molecule is CC(C)CNCC1CCC(C(C)C)CC1c1sccc1Cl. The van der Waals surface area contributed by atoms with Gasteiger partial charge in [0, 0.05) is 4.88 Å². The van der Waals surface area contributed by atoms with Crippen LogP contribution in [0.2, 0.25) is 5.02 Å². The summed E-state index contributed by atoms with van der Waals surface area (Å²) in [5.74, 6) is 3.76. The van der Waals surface area contributed by atoms with Crippen molar-refractivity contribution in [3.8, 4) is 0 Å². The summed E-state index contributed by atoms with van der Waals surface area (Å²) in [4.78, 5) is 1.43. The molecule has 0 amide bonds. The molecular weight excluding hydrogens is 298 g/mol. The Balaban J connectivity index is 2.05. The molecule has 0 saturated heterocycles. The highest BCUT2D eigenvalue weighted by atomic mass is 35.5. The molecule has 1 fully saturated rings. The van der Waals surface area contributed by atoms with Gasteiger partial charge in [0.05, 0.1) is 5.02 Å². The van der Waals surface area contributed by atoms with Gasteiger partial charge in [-0.05, 0) is 73.4 Å². The van der Waals surface area contributed by atoms with Gasteiger partial charge >= 0.3 is 0 Å². The normalized spacial score (nSPS) is 26.7. The number of nitrogens with one attached hydrogen (secondary N) is 1. The fourth-order valence-electron chi connectivity index (χ4n) is 3.56. The Labute approximate surface area is 139 Å². The van der Waals surface area contributed by atoms with E-state index in [-0.39, 0.29) is 0 Å². The van der Waals surface area contributed by atoms with Crippen LogP contribution in [0.1, 0.15) is 57.8 Å². The molecule has 21 heavy (non-hydrogen) atoms. The number of halogens is 1. The smallest absolute Gasteiger partial charge is 0.0547 e. The summed E-state index contributed by atoms with van der Waals surface area (Å²) in [6.45, 7) is 11.5. The molecule has 0 spiro atoms. The fourth-order valence-corrected chi connectivity index (χ4v) is 4.97. The quantitative estimate of drug-likeness (QED) is 0.696. The van der Waals surface area contributed by atoms with Crippen LogP contribution in [0.15, 0.2) is 11.4 Å². The average molecular weight is 328 g/mol. The van der Waals surface area contributed by atoms with Crippen LogP contribution in [0, 0.1) is 23.7 Å². The van der Waals surface area contributed by atoms with Crippen LogP contribution >= 0.6 is 22.9 Å². The number of thiophene rings is 1. The number of hydrogen-bond acceptors (Lipinski definition) is 2. The molecule has 2 rings (SSSR count). The molecule has 0 aliphatic heterocycles. The Morgan fingerprint density at radius 3 is 2.62 bits per heavy atom. The molecule has 1 aromatic heterocycles. The van der Waals surface area contributed by atoms with E-state index in [0.29, 0.717) is 5.92 Å². The Morgan fingerprint density at radius 2 is 2.05 bits per heavy atom. The van der Waals surface area contributed by atoms with Crippen molar-refractivity contribution in [2.24, 2.45) is 23.7 Å². The molecular formula is C18H30ClNS. The molecule has 0 bridgehead atoms. The summed E-state index contributed by atoms with van der Waals surface area (Å²) in [5, 5.41) is 6.81. The third-order valence-electron chi connectivity index (χ3n) is 4.92. The summed E-state index contributed by atoms with van der Waals surface area (Å²) < 4.78 is 0. The van der Waals surface area contributed by atoms with E-state index < -0.39 is 0 Å². The highest BCUT2D eigenvalue weighted by molar-refractivity contribution is 7.10. The Hall–Kier alpha value is -0.0500. The van der Waals surface area contributed by atoms with Crippen molar-refractivity contribution in [3.05, 3.63) is 21.3 Å². The minimum absolute atomic E-state index is 0.651. The van der Waals surface area contributed by atoms with Crippen LogP contribution in [0.25, 0.3) is 0 Å². The van der Waals surface area contributed by atoms with Gasteiger partial charge in [-0.15, -0.1) is 11.3 Å². The van der Waals surface area contributed by atoms with E-state index in [2.05, 4.69) is 44.5 Å². The summed E-state index contributed by atoms with van der Waals surface area (Å²) in [6, 6.07) is 2.07. The van der Waals surface area contributed by atoms with Crippen molar-refractivity contribution in [3.63, 3.8) is 0 Å². The van der Waals surface area contributed by atoms with E-state index in [9.17, 15) is 0 Å². The maximum Gasteiger partial charge on any atom is 0.0547 e. The monoisotopic (exact) mass is 327 g/mol. The Bertz CT molecular complexity index is 425. The van der Waals surface area contributed by atoms with Gasteiger partial charge in [-0.25, -0.2) is 0 Å². The molecule has 3 atom stereocenters. The fraction of sp³-hybridized carbons (Fsp3) is 0.778. The van der Waals surface area contributed by atoms with Gasteiger partial charge in [-0.3, -0.25) is 0 Å². The molecule has 0 radical (unpaired) electrons. The average Bonchev–Trinajstić information content (AvgIpc) is 2.84. The molecule has 3 unspecified atom stereocenters. The maximum atomic E-state index is 6.44. The molecule has 1 N–H and O–H groups in total. The first-order valence-electron chi connectivity index (χ1n) is 8.42. The summed E-state index contributed by atoms with van der Waals surface area (Å²) in [7, 11) is 0. The van der Waals surface area contributed by atoms with Gasteiger partial charge in [0.15, 0.2) is 0 Å². The minimum Gasteiger partial charge on any atom is -0.316 e. The van der Waals surface area contributed by atoms with E-state index in [1.807, 2.05) is 11.3 Å². The van der Waals surface area contributed by atoms with Gasteiger partial charge in [0.2, 0.25) is 0 Å². The van der Waals surface area contributed by atoms with Crippen LogP contribution in [-0.2, 0) is 0 Å². The third kappa shape index (κ3) is 4.71. The lowest BCUT2D eigenvalue weighted by atomic mass is 9.70. The summed E-state index contributed by atoms with van der Waals surface area (Å²) in [5.41, 5.74) is 0. The molecule has 1 aliphatic rings. The number of hydrogen-bond donors (Lipinski definition) is 1. The standard InChI is InChI=1S/C18H30ClNS/c1-12(2)10-20-11-15-6-5-14(13(3)4)9-16(15)18-17(19)7-8-21-18/h7-8,12-16,20H,5-6,9-11H2,1-4H3. The molecule has 1 heterocycles. The minimum atomic E-state index is 0.651. The number of rotatable bonds is 6. The molecule has 1 saturated carbocycles. The predicted molar refractivity (Wildman–Crippen MR) is 95.4 cm³/mol. The van der Waals surface area contributed by atoms with Gasteiger partial charge < -0.3 is 5.32 Å². The highest BCUT2D eigenvalue weighted by Crippen LogP contribution is 2.46. The predicted octanol–water partition coefficient (Wildman–Crippen LogP) is 5.80. The van der Waals surface area contributed by atoms with Gasteiger partial charge in [-0.2, -0.15) is 0 Å². The van der Waals surface area contributed by atoms with Crippen molar-refractivity contribution in [1.29, 1.82) is 0 Å². The van der Waals surface area contributed by atoms with E-state index in [4.69, 9.17) is 11.6 Å². The zero-order chi connectivity index (χ0) is 15.4. The molecule has 1 aliphatic carbocycles. The van der Waals surface area contributed by atoms with Crippen LogP contribution in [0.4, 0.5) is 0 Å². The van der Waals surface area contributed by atoms with Gasteiger partial charge in [-0.1, -0.05) is 39.3 Å². The molecule has 1 nitrogen and oxygen atoms in total. The third-order valence-corrected chi connectivity index (χ3v) is 6.41. The van der Waals surface area contributed by atoms with Gasteiger partial charge in [0.25, 0.3) is 0 Å². The van der Waals surface area contributed by atoms with Gasteiger partial charge in [0.1, 0.15) is 0 Å². The summed E-state index contributed by atoms with van der Waals surface area (Å²) in [6.07, 6.45) is 4.03.